The normalized spacial score (nSPS) is 12.8. The fourth-order valence-electron chi connectivity index (χ4n) is 3.92. The first-order valence-electron chi connectivity index (χ1n) is 10.9. The summed E-state index contributed by atoms with van der Waals surface area (Å²) < 4.78 is 21.7. The van der Waals surface area contributed by atoms with Crippen LogP contribution in [-0.4, -0.2) is 41.5 Å². The van der Waals surface area contributed by atoms with E-state index in [1.54, 1.807) is 38.4 Å². The molecule has 1 aromatic carbocycles. The molecule has 2 aromatic heterocycles. The zero-order valence-corrected chi connectivity index (χ0v) is 20.5. The fourth-order valence-corrected chi connectivity index (χ4v) is 4.11. The minimum Gasteiger partial charge on any atom is -0.394 e. The van der Waals surface area contributed by atoms with Gasteiger partial charge in [-0.05, 0) is 35.6 Å². The topological polar surface area (TPSA) is 76.4 Å². The number of hydrogen-bond acceptors (Lipinski definition) is 5. The zero-order valence-electron chi connectivity index (χ0n) is 19.7. The fraction of sp³-hybridized carbons (Fsp3) is 0.440. The third kappa shape index (κ3) is 5.37. The number of halogens is 2. The summed E-state index contributed by atoms with van der Waals surface area (Å²) in [5.74, 6) is 0.0402. The lowest BCUT2D eigenvalue weighted by Gasteiger charge is -2.32. The molecule has 2 N–H and O–H groups in total. The van der Waals surface area contributed by atoms with Crippen LogP contribution < -0.4 is 10.7 Å². The second-order valence-corrected chi connectivity index (χ2v) is 9.70. The Balaban J connectivity index is 2.26. The Bertz CT molecular complexity index is 1200. The lowest BCUT2D eigenvalue weighted by Crippen LogP contribution is -2.30. The number of pyridine rings is 2. The monoisotopic (exact) mass is 475 g/mol. The van der Waals surface area contributed by atoms with Crippen LogP contribution in [0.2, 0.25) is 5.02 Å². The number of nitrogens with zero attached hydrogens (tertiary/aromatic N) is 2. The van der Waals surface area contributed by atoms with Crippen molar-refractivity contribution in [2.24, 2.45) is 5.41 Å². The van der Waals surface area contributed by atoms with Gasteiger partial charge in [0.15, 0.2) is 5.43 Å². The van der Waals surface area contributed by atoms with E-state index < -0.39 is 5.82 Å². The maximum atomic E-state index is 14.6. The molecule has 0 saturated carbocycles. The average molecular weight is 476 g/mol. The number of rotatable bonds is 8. The Labute approximate surface area is 198 Å². The molecule has 0 aliphatic heterocycles. The third-order valence-corrected chi connectivity index (χ3v) is 6.07. The highest BCUT2D eigenvalue weighted by atomic mass is 35.5. The molecule has 0 fully saturated rings. The number of hydrogen-bond donors (Lipinski definition) is 2. The number of fused-ring (bicyclic) bond motifs is 1. The number of methoxy groups -OCH3 is 1. The number of nitrogens with one attached hydrogen (secondary N) is 1. The standard InChI is InChI=1S/C25H31ClFN3O3/c1-15-13-30(20(14-31)25(2,3)4)24-18(22(15)32)12-17(23(29-24)28-9-10-33-5)11-16-7-6-8-19(26)21(16)27/h6-8,12-13,20,31H,9-11,14H2,1-5H3,(H,28,29)/t20-/m1/s1. The van der Waals surface area contributed by atoms with Gasteiger partial charge in [0.05, 0.1) is 29.7 Å². The van der Waals surface area contributed by atoms with Crippen molar-refractivity contribution in [1.29, 1.82) is 0 Å². The van der Waals surface area contributed by atoms with E-state index in [1.165, 1.54) is 6.07 Å². The van der Waals surface area contributed by atoms with Crippen LogP contribution in [0.4, 0.5) is 10.2 Å². The molecule has 0 aliphatic rings. The van der Waals surface area contributed by atoms with E-state index in [4.69, 9.17) is 21.3 Å². The molecule has 0 unspecified atom stereocenters. The second-order valence-electron chi connectivity index (χ2n) is 9.29. The highest BCUT2D eigenvalue weighted by Crippen LogP contribution is 2.33. The van der Waals surface area contributed by atoms with E-state index in [0.29, 0.717) is 46.7 Å². The molecule has 8 heteroatoms. The molecule has 1 atom stereocenters. The number of aryl methyl sites for hydroxylation is 1. The molecule has 178 valence electrons. The maximum absolute atomic E-state index is 14.6. The molecule has 2 heterocycles. The van der Waals surface area contributed by atoms with Gasteiger partial charge in [-0.3, -0.25) is 4.79 Å². The molecule has 0 bridgehead atoms. The lowest BCUT2D eigenvalue weighted by atomic mass is 9.86. The van der Waals surface area contributed by atoms with Crippen LogP contribution in [0.5, 0.6) is 0 Å². The number of ether oxygens (including phenoxy) is 1. The average Bonchev–Trinajstić information content (AvgIpc) is 2.75. The molecule has 0 aliphatic carbocycles. The van der Waals surface area contributed by atoms with Crippen LogP contribution in [0, 0.1) is 18.2 Å². The van der Waals surface area contributed by atoms with Crippen molar-refractivity contribution in [3.63, 3.8) is 0 Å². The van der Waals surface area contributed by atoms with Gasteiger partial charge in [0.25, 0.3) is 0 Å². The molecule has 33 heavy (non-hydrogen) atoms. The summed E-state index contributed by atoms with van der Waals surface area (Å²) in [5.41, 5.74) is 1.67. The molecule has 3 aromatic rings. The molecule has 0 spiro atoms. The van der Waals surface area contributed by atoms with E-state index in [9.17, 15) is 14.3 Å². The van der Waals surface area contributed by atoms with Crippen molar-refractivity contribution in [3.05, 3.63) is 68.2 Å². The van der Waals surface area contributed by atoms with Gasteiger partial charge in [-0.2, -0.15) is 0 Å². The summed E-state index contributed by atoms with van der Waals surface area (Å²) in [6.07, 6.45) is 1.96. The summed E-state index contributed by atoms with van der Waals surface area (Å²) in [4.78, 5) is 17.9. The highest BCUT2D eigenvalue weighted by Gasteiger charge is 2.28. The third-order valence-electron chi connectivity index (χ3n) is 5.78. The quantitative estimate of drug-likeness (QED) is 0.461. The van der Waals surface area contributed by atoms with Gasteiger partial charge in [-0.1, -0.05) is 44.5 Å². The Morgan fingerprint density at radius 2 is 2.03 bits per heavy atom. The van der Waals surface area contributed by atoms with Crippen molar-refractivity contribution in [3.8, 4) is 0 Å². The van der Waals surface area contributed by atoms with Crippen molar-refractivity contribution in [2.45, 2.75) is 40.2 Å². The first kappa shape index (κ1) is 25.1. The summed E-state index contributed by atoms with van der Waals surface area (Å²) >= 11 is 5.98. The predicted octanol–water partition coefficient (Wildman–Crippen LogP) is 4.73. The Kier molecular flexibility index (Phi) is 7.77. The van der Waals surface area contributed by atoms with Gasteiger partial charge in [-0.25, -0.2) is 9.37 Å². The summed E-state index contributed by atoms with van der Waals surface area (Å²) in [5, 5.41) is 13.9. The highest BCUT2D eigenvalue weighted by molar-refractivity contribution is 6.30. The SMILES string of the molecule is COCCNc1nc2c(cc1Cc1cccc(Cl)c1F)c(=O)c(C)cn2[C@H](CO)C(C)(C)C. The summed E-state index contributed by atoms with van der Waals surface area (Å²) in [6.45, 7) is 8.66. The number of benzene rings is 1. The van der Waals surface area contributed by atoms with Crippen LogP contribution in [0.15, 0.2) is 35.3 Å². The molecule has 6 nitrogen and oxygen atoms in total. The van der Waals surface area contributed by atoms with E-state index in [1.807, 2.05) is 25.3 Å². The van der Waals surface area contributed by atoms with Crippen LogP contribution in [0.25, 0.3) is 11.0 Å². The van der Waals surface area contributed by atoms with E-state index >= 15 is 0 Å². The number of anilines is 1. The minimum absolute atomic E-state index is 0.0457. The van der Waals surface area contributed by atoms with E-state index in [0.717, 1.165) is 0 Å². The van der Waals surface area contributed by atoms with Crippen molar-refractivity contribution in [1.82, 2.24) is 9.55 Å². The van der Waals surface area contributed by atoms with E-state index in [2.05, 4.69) is 5.32 Å². The molecular formula is C25H31ClFN3O3. The number of aliphatic hydroxyl groups is 1. The van der Waals surface area contributed by atoms with Crippen LogP contribution in [-0.2, 0) is 11.2 Å². The predicted molar refractivity (Wildman–Crippen MR) is 131 cm³/mol. The second kappa shape index (κ2) is 10.2. The lowest BCUT2D eigenvalue weighted by molar-refractivity contribution is 0.139. The Morgan fingerprint density at radius 3 is 2.67 bits per heavy atom. The first-order valence-corrected chi connectivity index (χ1v) is 11.3. The molecule has 0 radical (unpaired) electrons. The first-order chi connectivity index (χ1) is 15.6. The van der Waals surface area contributed by atoms with Crippen LogP contribution >= 0.6 is 11.6 Å². The molecule has 3 rings (SSSR count). The van der Waals surface area contributed by atoms with Gasteiger partial charge in [0.1, 0.15) is 17.3 Å². The number of aromatic nitrogens is 2. The van der Waals surface area contributed by atoms with Crippen molar-refractivity contribution in [2.75, 3.05) is 32.2 Å². The Hall–Kier alpha value is -2.48. The van der Waals surface area contributed by atoms with Crippen molar-refractivity contribution >= 4 is 28.5 Å². The molecular weight excluding hydrogens is 445 g/mol. The van der Waals surface area contributed by atoms with Crippen LogP contribution in [0.3, 0.4) is 0 Å². The van der Waals surface area contributed by atoms with Gasteiger partial charge in [0, 0.05) is 31.8 Å². The van der Waals surface area contributed by atoms with Crippen LogP contribution in [0.1, 0.15) is 43.5 Å². The van der Waals surface area contributed by atoms with Crippen molar-refractivity contribution < 1.29 is 14.2 Å². The number of aliphatic hydroxyl groups excluding tert-OH is 1. The minimum atomic E-state index is -0.489. The largest absolute Gasteiger partial charge is 0.394 e. The van der Waals surface area contributed by atoms with Gasteiger partial charge in [-0.15, -0.1) is 0 Å². The summed E-state index contributed by atoms with van der Waals surface area (Å²) in [6, 6.07) is 6.33. The maximum Gasteiger partial charge on any atom is 0.193 e. The smallest absolute Gasteiger partial charge is 0.193 e. The summed E-state index contributed by atoms with van der Waals surface area (Å²) in [7, 11) is 1.60. The Morgan fingerprint density at radius 1 is 1.30 bits per heavy atom. The van der Waals surface area contributed by atoms with Gasteiger partial charge < -0.3 is 19.7 Å². The molecule has 0 saturated heterocycles. The zero-order chi connectivity index (χ0) is 24.3. The van der Waals surface area contributed by atoms with Gasteiger partial charge in [0.2, 0.25) is 0 Å². The van der Waals surface area contributed by atoms with E-state index in [-0.39, 0.29) is 34.9 Å². The van der Waals surface area contributed by atoms with Gasteiger partial charge >= 0.3 is 0 Å². The molecule has 0 amide bonds.